The Labute approximate surface area is 148 Å². The molecule has 0 saturated heterocycles. The van der Waals surface area contributed by atoms with Crippen LogP contribution < -0.4 is 5.56 Å². The van der Waals surface area contributed by atoms with Gasteiger partial charge in [-0.3, -0.25) is 9.48 Å². The van der Waals surface area contributed by atoms with Gasteiger partial charge in [-0.1, -0.05) is 60.1 Å². The highest BCUT2D eigenvalue weighted by Gasteiger charge is 2.10. The summed E-state index contributed by atoms with van der Waals surface area (Å²) in [5, 5.41) is 5.59. The number of aromatic nitrogens is 4. The Hall–Kier alpha value is -2.92. The maximum atomic E-state index is 12.3. The van der Waals surface area contributed by atoms with Gasteiger partial charge >= 0.3 is 0 Å². The van der Waals surface area contributed by atoms with E-state index in [4.69, 9.17) is 11.6 Å². The van der Waals surface area contributed by atoms with Crippen molar-refractivity contribution in [2.24, 2.45) is 0 Å². The van der Waals surface area contributed by atoms with E-state index in [2.05, 4.69) is 15.1 Å². The molecule has 6 heteroatoms. The molecule has 0 aliphatic rings. The number of hydrogen-bond acceptors (Lipinski definition) is 3. The highest BCUT2D eigenvalue weighted by atomic mass is 35.5. The fourth-order valence-corrected chi connectivity index (χ4v) is 2.96. The molecule has 2 heterocycles. The van der Waals surface area contributed by atoms with Crippen LogP contribution in [0, 0.1) is 0 Å². The number of nitrogens with one attached hydrogen (secondary N) is 1. The number of rotatable bonds is 4. The lowest BCUT2D eigenvalue weighted by Gasteiger charge is -2.03. The lowest BCUT2D eigenvalue weighted by atomic mass is 10.1. The summed E-state index contributed by atoms with van der Waals surface area (Å²) in [4.78, 5) is 19.7. The summed E-state index contributed by atoms with van der Waals surface area (Å²) in [6.45, 7) is 0.490. The minimum Gasteiger partial charge on any atom is -0.310 e. The molecular weight excluding hydrogens is 336 g/mol. The van der Waals surface area contributed by atoms with E-state index in [9.17, 15) is 4.79 Å². The zero-order chi connectivity index (χ0) is 17.2. The minimum atomic E-state index is -0.179. The first-order chi connectivity index (χ1) is 12.2. The van der Waals surface area contributed by atoms with E-state index < -0.39 is 0 Å². The second-order valence-electron chi connectivity index (χ2n) is 5.83. The van der Waals surface area contributed by atoms with Crippen molar-refractivity contribution in [3.63, 3.8) is 0 Å². The predicted octanol–water partition coefficient (Wildman–Crippen LogP) is 3.41. The van der Waals surface area contributed by atoms with Crippen LogP contribution in [0.2, 0.25) is 5.02 Å². The van der Waals surface area contributed by atoms with Gasteiger partial charge < -0.3 is 4.98 Å². The fourth-order valence-electron chi connectivity index (χ4n) is 2.76. The van der Waals surface area contributed by atoms with Crippen molar-refractivity contribution in [1.82, 2.24) is 19.7 Å². The van der Waals surface area contributed by atoms with Crippen molar-refractivity contribution >= 4 is 22.6 Å². The Balaban J connectivity index is 1.67. The lowest BCUT2D eigenvalue weighted by Crippen LogP contribution is -2.11. The molecule has 0 radical (unpaired) electrons. The van der Waals surface area contributed by atoms with E-state index in [-0.39, 0.29) is 5.56 Å². The first-order valence-electron chi connectivity index (χ1n) is 7.93. The normalized spacial score (nSPS) is 11.1. The zero-order valence-corrected chi connectivity index (χ0v) is 14.1. The van der Waals surface area contributed by atoms with Crippen LogP contribution in [-0.4, -0.2) is 19.7 Å². The van der Waals surface area contributed by atoms with Crippen molar-refractivity contribution in [3.8, 4) is 0 Å². The van der Waals surface area contributed by atoms with Gasteiger partial charge in [-0.15, -0.1) is 0 Å². The third-order valence-electron chi connectivity index (χ3n) is 3.99. The Kier molecular flexibility index (Phi) is 4.07. The molecule has 0 atom stereocenters. The summed E-state index contributed by atoms with van der Waals surface area (Å²) >= 11 is 6.19. The van der Waals surface area contributed by atoms with Gasteiger partial charge in [0.05, 0.1) is 6.54 Å². The molecular formula is C19H15ClN4O. The van der Waals surface area contributed by atoms with Gasteiger partial charge in [0.25, 0.3) is 5.56 Å². The van der Waals surface area contributed by atoms with E-state index in [1.54, 1.807) is 10.9 Å². The average Bonchev–Trinajstić information content (AvgIpc) is 3.01. The summed E-state index contributed by atoms with van der Waals surface area (Å²) in [7, 11) is 0. The molecule has 0 aliphatic carbocycles. The van der Waals surface area contributed by atoms with E-state index in [1.165, 1.54) is 0 Å². The second-order valence-corrected chi connectivity index (χ2v) is 6.24. The third kappa shape index (κ3) is 3.32. The summed E-state index contributed by atoms with van der Waals surface area (Å²) in [6.07, 6.45) is 2.26. The predicted molar refractivity (Wildman–Crippen MR) is 98.0 cm³/mol. The van der Waals surface area contributed by atoms with Crippen molar-refractivity contribution < 1.29 is 0 Å². The minimum absolute atomic E-state index is 0.179. The molecule has 1 N–H and O–H groups in total. The van der Waals surface area contributed by atoms with Crippen LogP contribution in [0.3, 0.4) is 0 Å². The molecule has 2 aromatic carbocycles. The van der Waals surface area contributed by atoms with Crippen molar-refractivity contribution in [3.05, 3.63) is 93.1 Å². The van der Waals surface area contributed by atoms with E-state index in [0.29, 0.717) is 34.8 Å². The first kappa shape index (κ1) is 15.6. The molecule has 5 nitrogen and oxygen atoms in total. The highest BCUT2D eigenvalue weighted by Crippen LogP contribution is 2.17. The molecule has 4 aromatic rings. The lowest BCUT2D eigenvalue weighted by molar-refractivity contribution is 0.693. The molecule has 0 bridgehead atoms. The standard InChI is InChI=1S/C19H15ClN4O/c20-16-9-5-4-8-14(16)11-24-12-15-18(23-24)21-17(22-19(15)25)10-13-6-2-1-3-7-13/h1-9,12H,10-11H2,(H,21,22,23,25). The monoisotopic (exact) mass is 350 g/mol. The van der Waals surface area contributed by atoms with Gasteiger partial charge in [-0.05, 0) is 17.2 Å². The number of H-pyrrole nitrogens is 1. The van der Waals surface area contributed by atoms with Crippen molar-refractivity contribution in [1.29, 1.82) is 0 Å². The van der Waals surface area contributed by atoms with Crippen LogP contribution in [0.5, 0.6) is 0 Å². The van der Waals surface area contributed by atoms with Crippen molar-refractivity contribution in [2.75, 3.05) is 0 Å². The van der Waals surface area contributed by atoms with Crippen LogP contribution in [0.1, 0.15) is 17.0 Å². The summed E-state index contributed by atoms with van der Waals surface area (Å²) in [5.74, 6) is 0.603. The number of halogens is 1. The van der Waals surface area contributed by atoms with E-state index >= 15 is 0 Å². The van der Waals surface area contributed by atoms with Gasteiger partial charge in [-0.2, -0.15) is 5.10 Å². The molecule has 4 rings (SSSR count). The second kappa shape index (κ2) is 6.53. The van der Waals surface area contributed by atoms with E-state index in [0.717, 1.165) is 11.1 Å². The van der Waals surface area contributed by atoms with E-state index in [1.807, 2.05) is 54.6 Å². The van der Waals surface area contributed by atoms with Crippen LogP contribution in [0.15, 0.2) is 65.6 Å². The Morgan fingerprint density at radius 3 is 2.60 bits per heavy atom. The quantitative estimate of drug-likeness (QED) is 0.613. The van der Waals surface area contributed by atoms with Gasteiger partial charge in [0.15, 0.2) is 5.65 Å². The largest absolute Gasteiger partial charge is 0.310 e. The summed E-state index contributed by atoms with van der Waals surface area (Å²) in [6, 6.07) is 17.5. The summed E-state index contributed by atoms with van der Waals surface area (Å²) in [5.41, 5.74) is 2.29. The maximum Gasteiger partial charge on any atom is 0.262 e. The highest BCUT2D eigenvalue weighted by molar-refractivity contribution is 6.31. The number of aromatic amines is 1. The number of benzene rings is 2. The fraction of sp³-hybridized carbons (Fsp3) is 0.105. The summed E-state index contributed by atoms with van der Waals surface area (Å²) < 4.78 is 1.69. The number of hydrogen-bond donors (Lipinski definition) is 1. The molecule has 0 saturated carbocycles. The smallest absolute Gasteiger partial charge is 0.262 e. The molecule has 0 unspecified atom stereocenters. The SMILES string of the molecule is O=c1[nH]c(Cc2ccccc2)nc2nn(Cc3ccccc3Cl)cc12. The Morgan fingerprint density at radius 1 is 1.04 bits per heavy atom. The average molecular weight is 351 g/mol. The molecule has 0 aliphatic heterocycles. The van der Waals surface area contributed by atoms with Gasteiger partial charge in [0.1, 0.15) is 11.2 Å². The van der Waals surface area contributed by atoms with Crippen LogP contribution in [-0.2, 0) is 13.0 Å². The maximum absolute atomic E-state index is 12.3. The third-order valence-corrected chi connectivity index (χ3v) is 4.36. The zero-order valence-electron chi connectivity index (χ0n) is 13.3. The molecule has 124 valence electrons. The Morgan fingerprint density at radius 2 is 1.80 bits per heavy atom. The number of fused-ring (bicyclic) bond motifs is 1. The molecule has 0 spiro atoms. The van der Waals surface area contributed by atoms with Crippen LogP contribution >= 0.6 is 11.6 Å². The molecule has 2 aromatic heterocycles. The topological polar surface area (TPSA) is 63.6 Å². The number of nitrogens with zero attached hydrogens (tertiary/aromatic N) is 3. The van der Waals surface area contributed by atoms with Crippen molar-refractivity contribution in [2.45, 2.75) is 13.0 Å². The molecule has 0 amide bonds. The van der Waals surface area contributed by atoms with Gasteiger partial charge in [-0.25, -0.2) is 4.98 Å². The first-order valence-corrected chi connectivity index (χ1v) is 8.30. The molecule has 25 heavy (non-hydrogen) atoms. The van der Waals surface area contributed by atoms with Gasteiger partial charge in [0.2, 0.25) is 0 Å². The molecule has 0 fully saturated rings. The van der Waals surface area contributed by atoms with Crippen LogP contribution in [0.25, 0.3) is 11.0 Å². The Bertz CT molecular complexity index is 1090. The van der Waals surface area contributed by atoms with Gasteiger partial charge in [0, 0.05) is 17.6 Å². The van der Waals surface area contributed by atoms with Crippen LogP contribution in [0.4, 0.5) is 0 Å².